The number of H-pyrrole nitrogens is 1. The monoisotopic (exact) mass is 339 g/mol. The van der Waals surface area contributed by atoms with Crippen molar-refractivity contribution in [3.63, 3.8) is 0 Å². The topological polar surface area (TPSA) is 122 Å². The van der Waals surface area contributed by atoms with Crippen molar-refractivity contribution >= 4 is 18.0 Å². The van der Waals surface area contributed by atoms with Crippen LogP contribution in [0.3, 0.4) is 0 Å². The molecule has 0 bridgehead atoms. The Labute approximate surface area is 141 Å². The summed E-state index contributed by atoms with van der Waals surface area (Å²) in [6.45, 7) is 1.68. The molecule has 0 radical (unpaired) electrons. The number of nitrogens with one attached hydrogen (secondary N) is 2. The van der Waals surface area contributed by atoms with Crippen LogP contribution in [-0.4, -0.2) is 27.4 Å². The lowest BCUT2D eigenvalue weighted by atomic mass is 10.2. The molecule has 0 spiro atoms. The van der Waals surface area contributed by atoms with E-state index in [1.807, 2.05) is 0 Å². The second-order valence-electron chi connectivity index (χ2n) is 4.88. The molecule has 1 aromatic carbocycles. The van der Waals surface area contributed by atoms with Crippen LogP contribution in [0.15, 0.2) is 57.0 Å². The van der Waals surface area contributed by atoms with E-state index in [0.29, 0.717) is 11.4 Å². The minimum atomic E-state index is -0.573. The molecule has 2 aromatic heterocycles. The summed E-state index contributed by atoms with van der Waals surface area (Å²) in [6.07, 6.45) is 2.93. The van der Waals surface area contributed by atoms with Gasteiger partial charge in [-0.2, -0.15) is 15.2 Å². The van der Waals surface area contributed by atoms with E-state index in [0.717, 1.165) is 5.56 Å². The number of furan rings is 1. The van der Waals surface area contributed by atoms with Gasteiger partial charge in [0.25, 0.3) is 0 Å². The van der Waals surface area contributed by atoms with Gasteiger partial charge in [-0.15, -0.1) is 0 Å². The van der Waals surface area contributed by atoms with E-state index in [1.165, 1.54) is 18.5 Å². The van der Waals surface area contributed by atoms with Crippen LogP contribution >= 0.6 is 0 Å². The van der Waals surface area contributed by atoms with Crippen LogP contribution in [0.2, 0.25) is 0 Å². The number of aromatic nitrogens is 3. The fourth-order valence-corrected chi connectivity index (χ4v) is 1.84. The molecule has 0 amide bonds. The number of ether oxygens (including phenoxy) is 1. The molecule has 3 aromatic rings. The van der Waals surface area contributed by atoms with E-state index in [4.69, 9.17) is 9.15 Å². The molecule has 0 aliphatic heterocycles. The molecule has 0 aliphatic carbocycles. The van der Waals surface area contributed by atoms with Gasteiger partial charge < -0.3 is 9.15 Å². The maximum Gasteiger partial charge on any atom is 0.379 e. The summed E-state index contributed by atoms with van der Waals surface area (Å²) in [5.41, 5.74) is 3.34. The average Bonchev–Trinajstić information content (AvgIpc) is 3.14. The number of rotatable bonds is 5. The van der Waals surface area contributed by atoms with Crippen LogP contribution < -0.4 is 15.9 Å². The zero-order chi connectivity index (χ0) is 17.6. The van der Waals surface area contributed by atoms with Crippen LogP contribution in [0, 0.1) is 6.92 Å². The van der Waals surface area contributed by atoms with Crippen molar-refractivity contribution in [1.29, 1.82) is 0 Å². The highest BCUT2D eigenvalue weighted by Gasteiger charge is 2.10. The molecular formula is C16H13N5O4. The summed E-state index contributed by atoms with van der Waals surface area (Å²) in [6, 6.07) is 9.81. The van der Waals surface area contributed by atoms with E-state index in [-0.39, 0.29) is 11.6 Å². The molecule has 0 unspecified atom stereocenters. The number of anilines is 1. The normalized spacial score (nSPS) is 10.8. The van der Waals surface area contributed by atoms with Gasteiger partial charge in [0.15, 0.2) is 5.82 Å². The number of hydrogen-bond donors (Lipinski definition) is 2. The first-order valence-electron chi connectivity index (χ1n) is 7.20. The van der Waals surface area contributed by atoms with Crippen molar-refractivity contribution in [1.82, 2.24) is 15.2 Å². The molecule has 126 valence electrons. The number of hydrazone groups is 1. The Morgan fingerprint density at radius 3 is 2.84 bits per heavy atom. The first-order chi connectivity index (χ1) is 12.1. The van der Waals surface area contributed by atoms with Crippen molar-refractivity contribution in [3.05, 3.63) is 70.2 Å². The molecule has 0 aliphatic rings. The maximum absolute atomic E-state index is 11.8. The SMILES string of the molecule is Cc1n[nH]c(=O)nc1N/N=C/c1ccc(OC(=O)c2ccco2)cc1. The Morgan fingerprint density at radius 2 is 2.12 bits per heavy atom. The first kappa shape index (κ1) is 16.1. The second kappa shape index (κ2) is 7.21. The summed E-state index contributed by atoms with van der Waals surface area (Å²) in [5, 5.41) is 9.99. The fourth-order valence-electron chi connectivity index (χ4n) is 1.84. The molecule has 2 heterocycles. The van der Waals surface area contributed by atoms with Crippen molar-refractivity contribution < 1.29 is 13.9 Å². The lowest BCUT2D eigenvalue weighted by molar-refractivity contribution is 0.0701. The standard InChI is InChI=1S/C16H13N5O4/c1-10-14(18-16(23)21-19-10)20-17-9-11-4-6-12(7-5-11)25-15(22)13-3-2-8-24-13/h2-9H,1H3,(H2,18,20,21,23)/b17-9+. The van der Waals surface area contributed by atoms with E-state index in [2.05, 4.69) is 25.7 Å². The van der Waals surface area contributed by atoms with Crippen molar-refractivity contribution in [3.8, 4) is 5.75 Å². The Morgan fingerprint density at radius 1 is 1.32 bits per heavy atom. The number of esters is 1. The molecule has 0 saturated carbocycles. The van der Waals surface area contributed by atoms with Gasteiger partial charge >= 0.3 is 11.7 Å². The molecule has 0 fully saturated rings. The highest BCUT2D eigenvalue weighted by molar-refractivity contribution is 5.88. The van der Waals surface area contributed by atoms with Gasteiger partial charge in [0.05, 0.1) is 12.5 Å². The molecule has 0 saturated heterocycles. The van der Waals surface area contributed by atoms with Gasteiger partial charge in [-0.3, -0.25) is 5.43 Å². The van der Waals surface area contributed by atoms with Gasteiger partial charge in [-0.1, -0.05) is 0 Å². The average molecular weight is 339 g/mol. The highest BCUT2D eigenvalue weighted by atomic mass is 16.5. The summed E-state index contributed by atoms with van der Waals surface area (Å²) in [7, 11) is 0. The number of aromatic amines is 1. The third-order valence-corrected chi connectivity index (χ3v) is 3.07. The van der Waals surface area contributed by atoms with Crippen LogP contribution in [-0.2, 0) is 0 Å². The molecule has 25 heavy (non-hydrogen) atoms. The van der Waals surface area contributed by atoms with E-state index < -0.39 is 11.7 Å². The minimum Gasteiger partial charge on any atom is -0.457 e. The zero-order valence-electron chi connectivity index (χ0n) is 13.1. The van der Waals surface area contributed by atoms with Gasteiger partial charge in [-0.25, -0.2) is 14.7 Å². The molecule has 9 nitrogen and oxygen atoms in total. The predicted octanol–water partition coefficient (Wildman–Crippen LogP) is 1.73. The van der Waals surface area contributed by atoms with Gasteiger partial charge in [0.1, 0.15) is 11.4 Å². The number of carbonyl (C=O) groups excluding carboxylic acids is 1. The molecule has 3 rings (SSSR count). The van der Waals surface area contributed by atoms with Gasteiger partial charge in [-0.05, 0) is 48.9 Å². The number of carbonyl (C=O) groups is 1. The first-order valence-corrected chi connectivity index (χ1v) is 7.20. The smallest absolute Gasteiger partial charge is 0.379 e. The maximum atomic E-state index is 11.8. The van der Waals surface area contributed by atoms with Crippen LogP contribution in [0.5, 0.6) is 5.75 Å². The molecule has 2 N–H and O–H groups in total. The fraction of sp³-hybridized carbons (Fsp3) is 0.0625. The van der Waals surface area contributed by atoms with Crippen molar-refractivity contribution in [2.45, 2.75) is 6.92 Å². The Balaban J connectivity index is 1.61. The lowest BCUT2D eigenvalue weighted by Gasteiger charge is -2.03. The van der Waals surface area contributed by atoms with Gasteiger partial charge in [0, 0.05) is 0 Å². The Bertz CT molecular complexity index is 945. The summed E-state index contributed by atoms with van der Waals surface area (Å²) >= 11 is 0. The third-order valence-electron chi connectivity index (χ3n) is 3.07. The van der Waals surface area contributed by atoms with Gasteiger partial charge in [0.2, 0.25) is 5.76 Å². The number of aryl methyl sites for hydroxylation is 1. The summed E-state index contributed by atoms with van der Waals surface area (Å²) in [4.78, 5) is 26.6. The highest BCUT2D eigenvalue weighted by Crippen LogP contribution is 2.14. The largest absolute Gasteiger partial charge is 0.457 e. The van der Waals surface area contributed by atoms with Crippen molar-refractivity contribution in [2.75, 3.05) is 5.43 Å². The molecular weight excluding hydrogens is 326 g/mol. The Hall–Kier alpha value is -3.75. The van der Waals surface area contributed by atoms with Crippen LogP contribution in [0.4, 0.5) is 5.82 Å². The van der Waals surface area contributed by atoms with Crippen LogP contribution in [0.1, 0.15) is 21.8 Å². The van der Waals surface area contributed by atoms with Crippen molar-refractivity contribution in [2.24, 2.45) is 5.10 Å². The second-order valence-corrected chi connectivity index (χ2v) is 4.88. The van der Waals surface area contributed by atoms with E-state index >= 15 is 0 Å². The predicted molar refractivity (Wildman–Crippen MR) is 88.7 cm³/mol. The third kappa shape index (κ3) is 4.16. The van der Waals surface area contributed by atoms with Crippen LogP contribution in [0.25, 0.3) is 0 Å². The number of benzene rings is 1. The lowest BCUT2D eigenvalue weighted by Crippen LogP contribution is -2.15. The number of nitrogens with zero attached hydrogens (tertiary/aromatic N) is 3. The quantitative estimate of drug-likeness (QED) is 0.314. The zero-order valence-corrected chi connectivity index (χ0v) is 13.1. The van der Waals surface area contributed by atoms with E-state index in [1.54, 1.807) is 37.3 Å². The van der Waals surface area contributed by atoms with E-state index in [9.17, 15) is 9.59 Å². The molecule has 9 heteroatoms. The molecule has 0 atom stereocenters. The minimum absolute atomic E-state index is 0.129. The number of hydrogen-bond acceptors (Lipinski definition) is 8. The summed E-state index contributed by atoms with van der Waals surface area (Å²) < 4.78 is 10.1. The Kier molecular flexibility index (Phi) is 4.65. The summed E-state index contributed by atoms with van der Waals surface area (Å²) in [5.74, 6) is 0.201.